The lowest BCUT2D eigenvalue weighted by Gasteiger charge is -2.35. The van der Waals surface area contributed by atoms with Gasteiger partial charge in [0, 0.05) is 37.8 Å². The molecule has 2 nitrogen and oxygen atoms in total. The fourth-order valence-corrected chi connectivity index (χ4v) is 2.54. The Morgan fingerprint density at radius 3 is 2.48 bits per heavy atom. The van der Waals surface area contributed by atoms with Crippen molar-refractivity contribution in [2.45, 2.75) is 19.4 Å². The number of nitrogens with zero attached hydrogens (tertiary/aromatic N) is 1. The van der Waals surface area contributed by atoms with Crippen LogP contribution in [0.4, 0.5) is 8.78 Å². The number of hydrogen-bond donors (Lipinski definition) is 1. The van der Waals surface area contributed by atoms with Crippen molar-refractivity contribution in [3.05, 3.63) is 47.5 Å². The van der Waals surface area contributed by atoms with E-state index < -0.39 is 11.6 Å². The van der Waals surface area contributed by atoms with Gasteiger partial charge in [-0.15, -0.1) is 31.4 Å². The lowest BCUT2D eigenvalue weighted by molar-refractivity contribution is 0.168. The number of rotatable bonds is 4. The SMILES string of the molecule is C=C(C)C[C@@H](c1cccc(F)c1F)N1CCNCC1.Cl.Cl. The molecule has 1 atom stereocenters. The Bertz CT molecular complexity index is 463. The zero-order valence-electron chi connectivity index (χ0n) is 12.1. The molecule has 2 rings (SSSR count). The van der Waals surface area contributed by atoms with Crippen LogP contribution in [0.2, 0.25) is 0 Å². The second-order valence-electron chi connectivity index (χ2n) is 5.11. The summed E-state index contributed by atoms with van der Waals surface area (Å²) in [5.41, 5.74) is 1.41. The highest BCUT2D eigenvalue weighted by Crippen LogP contribution is 2.30. The van der Waals surface area contributed by atoms with Crippen LogP contribution in [0.5, 0.6) is 0 Å². The molecule has 0 radical (unpaired) electrons. The number of halogens is 4. The molecule has 0 amide bonds. The second-order valence-corrected chi connectivity index (χ2v) is 5.11. The van der Waals surface area contributed by atoms with Gasteiger partial charge in [-0.1, -0.05) is 17.7 Å². The molecule has 120 valence electrons. The number of piperazine rings is 1. The van der Waals surface area contributed by atoms with Crippen LogP contribution < -0.4 is 5.32 Å². The summed E-state index contributed by atoms with van der Waals surface area (Å²) < 4.78 is 27.4. The van der Waals surface area contributed by atoms with E-state index in [-0.39, 0.29) is 30.9 Å². The lowest BCUT2D eigenvalue weighted by atomic mass is 9.97. The molecular formula is C15H22Cl2F2N2. The first kappa shape index (κ1) is 20.3. The van der Waals surface area contributed by atoms with Crippen molar-refractivity contribution < 1.29 is 8.78 Å². The van der Waals surface area contributed by atoms with Gasteiger partial charge >= 0.3 is 0 Å². The molecular weight excluding hydrogens is 317 g/mol. The van der Waals surface area contributed by atoms with Crippen molar-refractivity contribution >= 4 is 24.8 Å². The highest BCUT2D eigenvalue weighted by molar-refractivity contribution is 5.85. The summed E-state index contributed by atoms with van der Waals surface area (Å²) >= 11 is 0. The summed E-state index contributed by atoms with van der Waals surface area (Å²) in [5.74, 6) is -1.51. The van der Waals surface area contributed by atoms with E-state index in [1.807, 2.05) is 6.92 Å². The molecule has 1 aromatic carbocycles. The van der Waals surface area contributed by atoms with Gasteiger partial charge in [-0.2, -0.15) is 0 Å². The van der Waals surface area contributed by atoms with Gasteiger partial charge in [-0.3, -0.25) is 4.90 Å². The normalized spacial score (nSPS) is 16.5. The Morgan fingerprint density at radius 2 is 1.90 bits per heavy atom. The van der Waals surface area contributed by atoms with E-state index in [9.17, 15) is 8.78 Å². The summed E-state index contributed by atoms with van der Waals surface area (Å²) in [6, 6.07) is 4.28. The third-order valence-corrected chi connectivity index (χ3v) is 3.47. The molecule has 0 saturated carbocycles. The van der Waals surface area contributed by atoms with E-state index in [1.165, 1.54) is 0 Å². The molecule has 0 aromatic heterocycles. The van der Waals surface area contributed by atoms with Gasteiger partial charge in [-0.05, 0) is 19.4 Å². The van der Waals surface area contributed by atoms with E-state index in [0.29, 0.717) is 12.0 Å². The van der Waals surface area contributed by atoms with E-state index in [4.69, 9.17) is 0 Å². The minimum atomic E-state index is -0.778. The lowest BCUT2D eigenvalue weighted by Crippen LogP contribution is -2.45. The minimum absolute atomic E-state index is 0. The van der Waals surface area contributed by atoms with E-state index in [2.05, 4.69) is 16.8 Å². The Balaban J connectivity index is 0.00000200. The van der Waals surface area contributed by atoms with Gasteiger partial charge in [0.05, 0.1) is 0 Å². The molecule has 0 unspecified atom stereocenters. The Labute approximate surface area is 137 Å². The average Bonchev–Trinajstić information content (AvgIpc) is 2.40. The van der Waals surface area contributed by atoms with Gasteiger partial charge in [0.2, 0.25) is 0 Å². The Kier molecular flexibility index (Phi) is 9.06. The summed E-state index contributed by atoms with van der Waals surface area (Å²) in [7, 11) is 0. The van der Waals surface area contributed by atoms with Crippen molar-refractivity contribution in [3.63, 3.8) is 0 Å². The molecule has 1 N–H and O–H groups in total. The van der Waals surface area contributed by atoms with Gasteiger partial charge < -0.3 is 5.32 Å². The second kappa shape index (κ2) is 9.36. The predicted octanol–water partition coefficient (Wildman–Crippen LogP) is 3.72. The molecule has 0 bridgehead atoms. The molecule has 6 heteroatoms. The van der Waals surface area contributed by atoms with Gasteiger partial charge in [0.25, 0.3) is 0 Å². The minimum Gasteiger partial charge on any atom is -0.314 e. The van der Waals surface area contributed by atoms with Crippen molar-refractivity contribution in [2.24, 2.45) is 0 Å². The largest absolute Gasteiger partial charge is 0.314 e. The first-order chi connectivity index (χ1) is 9.09. The molecule has 1 aromatic rings. The first-order valence-corrected chi connectivity index (χ1v) is 6.62. The third kappa shape index (κ3) is 5.22. The molecule has 1 heterocycles. The third-order valence-electron chi connectivity index (χ3n) is 3.47. The maximum atomic E-state index is 14.0. The number of hydrogen-bond acceptors (Lipinski definition) is 2. The number of nitrogens with one attached hydrogen (secondary N) is 1. The summed E-state index contributed by atoms with van der Waals surface area (Å²) in [6.45, 7) is 9.27. The smallest absolute Gasteiger partial charge is 0.163 e. The molecule has 1 aliphatic heterocycles. The van der Waals surface area contributed by atoms with Crippen LogP contribution in [0, 0.1) is 11.6 Å². The number of benzene rings is 1. The molecule has 1 saturated heterocycles. The quantitative estimate of drug-likeness (QED) is 0.841. The van der Waals surface area contributed by atoms with E-state index in [0.717, 1.165) is 37.8 Å². The highest BCUT2D eigenvalue weighted by atomic mass is 35.5. The van der Waals surface area contributed by atoms with Gasteiger partial charge in [0.1, 0.15) is 0 Å². The van der Waals surface area contributed by atoms with Gasteiger partial charge in [0.15, 0.2) is 11.6 Å². The molecule has 21 heavy (non-hydrogen) atoms. The van der Waals surface area contributed by atoms with Crippen molar-refractivity contribution in [1.29, 1.82) is 0 Å². The molecule has 1 fully saturated rings. The van der Waals surface area contributed by atoms with E-state index >= 15 is 0 Å². The summed E-state index contributed by atoms with van der Waals surface area (Å²) in [5, 5.41) is 3.27. The molecule has 0 spiro atoms. The molecule has 0 aliphatic carbocycles. The Morgan fingerprint density at radius 1 is 1.29 bits per heavy atom. The van der Waals surface area contributed by atoms with Crippen LogP contribution in [0.15, 0.2) is 30.4 Å². The maximum absolute atomic E-state index is 14.0. The van der Waals surface area contributed by atoms with Crippen molar-refractivity contribution in [1.82, 2.24) is 10.2 Å². The first-order valence-electron chi connectivity index (χ1n) is 6.62. The highest BCUT2D eigenvalue weighted by Gasteiger charge is 2.25. The summed E-state index contributed by atoms with van der Waals surface area (Å²) in [4.78, 5) is 2.20. The predicted molar refractivity (Wildman–Crippen MR) is 87.5 cm³/mol. The van der Waals surface area contributed by atoms with Crippen LogP contribution >= 0.6 is 24.8 Å². The van der Waals surface area contributed by atoms with Crippen molar-refractivity contribution in [2.75, 3.05) is 26.2 Å². The fraction of sp³-hybridized carbons (Fsp3) is 0.467. The maximum Gasteiger partial charge on any atom is 0.163 e. The van der Waals surface area contributed by atoms with Crippen LogP contribution in [-0.4, -0.2) is 31.1 Å². The average molecular weight is 339 g/mol. The topological polar surface area (TPSA) is 15.3 Å². The van der Waals surface area contributed by atoms with Crippen LogP contribution in [0.1, 0.15) is 24.9 Å². The Hall–Kier alpha value is -0.680. The van der Waals surface area contributed by atoms with Crippen LogP contribution in [-0.2, 0) is 0 Å². The van der Waals surface area contributed by atoms with Crippen molar-refractivity contribution in [3.8, 4) is 0 Å². The zero-order valence-corrected chi connectivity index (χ0v) is 13.7. The van der Waals surface area contributed by atoms with Gasteiger partial charge in [-0.25, -0.2) is 8.78 Å². The zero-order chi connectivity index (χ0) is 13.8. The summed E-state index contributed by atoms with van der Waals surface area (Å²) in [6.07, 6.45) is 0.653. The van der Waals surface area contributed by atoms with Crippen LogP contribution in [0.3, 0.4) is 0 Å². The standard InChI is InChI=1S/C15H20F2N2.2ClH/c1-11(2)10-14(19-8-6-18-7-9-19)12-4-3-5-13(16)15(12)17;;/h3-5,14,18H,1,6-10H2,2H3;2*1H/t14-;;/m0../s1. The van der Waals surface area contributed by atoms with Crippen LogP contribution in [0.25, 0.3) is 0 Å². The molecule has 1 aliphatic rings. The fourth-order valence-electron chi connectivity index (χ4n) is 2.54. The van der Waals surface area contributed by atoms with E-state index in [1.54, 1.807) is 12.1 Å². The monoisotopic (exact) mass is 338 g/mol.